The molecular weight excluding hydrogens is 334 g/mol. The van der Waals surface area contributed by atoms with Gasteiger partial charge >= 0.3 is 0 Å². The van der Waals surface area contributed by atoms with Crippen molar-refractivity contribution in [3.63, 3.8) is 0 Å². The van der Waals surface area contributed by atoms with Crippen LogP contribution in [0.1, 0.15) is 15.9 Å². The standard InChI is InChI=1S/C20H18ClN3O/c21-15-10-11-19(17(22)12-15)24-18-9-5-4-8-16(18)20(25)23-13-14-6-2-1-3-7-14/h1-12,24H,13,22H2,(H,23,25). The summed E-state index contributed by atoms with van der Waals surface area (Å²) in [7, 11) is 0. The van der Waals surface area contributed by atoms with Gasteiger partial charge in [0.25, 0.3) is 5.91 Å². The molecule has 0 aliphatic heterocycles. The molecule has 0 aliphatic carbocycles. The van der Waals surface area contributed by atoms with Crippen LogP contribution in [-0.2, 0) is 6.54 Å². The number of halogens is 1. The first-order chi connectivity index (χ1) is 12.1. The SMILES string of the molecule is Nc1cc(Cl)ccc1Nc1ccccc1C(=O)NCc1ccccc1. The smallest absolute Gasteiger partial charge is 0.253 e. The van der Waals surface area contributed by atoms with E-state index < -0.39 is 0 Å². The number of para-hydroxylation sites is 1. The highest BCUT2D eigenvalue weighted by Crippen LogP contribution is 2.27. The van der Waals surface area contributed by atoms with E-state index in [-0.39, 0.29) is 5.91 Å². The third-order valence-corrected chi connectivity index (χ3v) is 3.99. The zero-order valence-corrected chi connectivity index (χ0v) is 14.3. The van der Waals surface area contributed by atoms with Crippen molar-refractivity contribution in [1.82, 2.24) is 5.32 Å². The van der Waals surface area contributed by atoms with Gasteiger partial charge in [-0.3, -0.25) is 4.79 Å². The van der Waals surface area contributed by atoms with Gasteiger partial charge in [-0.15, -0.1) is 0 Å². The first-order valence-corrected chi connectivity index (χ1v) is 8.24. The van der Waals surface area contributed by atoms with Gasteiger partial charge in [-0.05, 0) is 35.9 Å². The molecule has 0 aliphatic rings. The van der Waals surface area contributed by atoms with Crippen molar-refractivity contribution >= 4 is 34.6 Å². The largest absolute Gasteiger partial charge is 0.397 e. The fourth-order valence-corrected chi connectivity index (χ4v) is 2.64. The predicted molar refractivity (Wildman–Crippen MR) is 103 cm³/mol. The number of carbonyl (C=O) groups is 1. The number of benzene rings is 3. The quantitative estimate of drug-likeness (QED) is 0.589. The van der Waals surface area contributed by atoms with Crippen LogP contribution in [0.15, 0.2) is 72.8 Å². The number of nitrogen functional groups attached to an aromatic ring is 1. The molecule has 0 heterocycles. The van der Waals surface area contributed by atoms with Crippen LogP contribution in [0.2, 0.25) is 5.02 Å². The summed E-state index contributed by atoms with van der Waals surface area (Å²) in [5.74, 6) is -0.153. The molecule has 0 unspecified atom stereocenters. The Morgan fingerprint density at radius 2 is 1.64 bits per heavy atom. The van der Waals surface area contributed by atoms with Crippen molar-refractivity contribution in [2.24, 2.45) is 0 Å². The second-order valence-corrected chi connectivity index (χ2v) is 6.01. The number of rotatable bonds is 5. The number of anilines is 3. The van der Waals surface area contributed by atoms with Gasteiger partial charge in [0.1, 0.15) is 0 Å². The van der Waals surface area contributed by atoms with E-state index in [1.165, 1.54) is 0 Å². The molecule has 3 rings (SSSR count). The Morgan fingerprint density at radius 3 is 2.40 bits per heavy atom. The van der Waals surface area contributed by atoms with Gasteiger partial charge < -0.3 is 16.4 Å². The Labute approximate surface area is 151 Å². The first kappa shape index (κ1) is 16.9. The third kappa shape index (κ3) is 4.31. The fourth-order valence-electron chi connectivity index (χ4n) is 2.46. The lowest BCUT2D eigenvalue weighted by atomic mass is 10.1. The van der Waals surface area contributed by atoms with Gasteiger partial charge in [0.2, 0.25) is 0 Å². The average molecular weight is 352 g/mol. The molecule has 25 heavy (non-hydrogen) atoms. The Kier molecular flexibility index (Phi) is 5.21. The lowest BCUT2D eigenvalue weighted by Crippen LogP contribution is -2.23. The van der Waals surface area contributed by atoms with Crippen molar-refractivity contribution in [1.29, 1.82) is 0 Å². The summed E-state index contributed by atoms with van der Waals surface area (Å²) in [6.07, 6.45) is 0. The first-order valence-electron chi connectivity index (χ1n) is 7.86. The van der Waals surface area contributed by atoms with Crippen LogP contribution in [0.3, 0.4) is 0 Å². The monoisotopic (exact) mass is 351 g/mol. The normalized spacial score (nSPS) is 10.3. The molecule has 3 aromatic rings. The molecule has 0 fully saturated rings. The zero-order chi connectivity index (χ0) is 17.6. The van der Waals surface area contributed by atoms with E-state index in [1.54, 1.807) is 24.3 Å². The molecule has 126 valence electrons. The number of hydrogen-bond donors (Lipinski definition) is 3. The molecule has 3 aromatic carbocycles. The summed E-state index contributed by atoms with van der Waals surface area (Å²) in [6, 6.07) is 22.3. The van der Waals surface area contributed by atoms with Crippen LogP contribution in [0.4, 0.5) is 17.1 Å². The highest BCUT2D eigenvalue weighted by atomic mass is 35.5. The second-order valence-electron chi connectivity index (χ2n) is 5.57. The maximum absolute atomic E-state index is 12.6. The van der Waals surface area contributed by atoms with Crippen LogP contribution in [0.5, 0.6) is 0 Å². The van der Waals surface area contributed by atoms with Crippen LogP contribution in [-0.4, -0.2) is 5.91 Å². The topological polar surface area (TPSA) is 67.1 Å². The van der Waals surface area contributed by atoms with E-state index in [2.05, 4.69) is 10.6 Å². The predicted octanol–water partition coefficient (Wildman–Crippen LogP) is 4.60. The Balaban J connectivity index is 1.77. The number of nitrogens with one attached hydrogen (secondary N) is 2. The fraction of sp³-hybridized carbons (Fsp3) is 0.0500. The summed E-state index contributed by atoms with van der Waals surface area (Å²) in [5, 5.41) is 6.70. The minimum Gasteiger partial charge on any atom is -0.397 e. The van der Waals surface area contributed by atoms with Gasteiger partial charge in [-0.25, -0.2) is 0 Å². The maximum atomic E-state index is 12.6. The summed E-state index contributed by atoms with van der Waals surface area (Å²) >= 11 is 5.93. The Hall–Kier alpha value is -2.98. The molecule has 5 heteroatoms. The van der Waals surface area contributed by atoms with Crippen LogP contribution in [0, 0.1) is 0 Å². The maximum Gasteiger partial charge on any atom is 0.253 e. The molecule has 0 aromatic heterocycles. The van der Waals surface area contributed by atoms with E-state index in [1.807, 2.05) is 48.5 Å². The van der Waals surface area contributed by atoms with Crippen molar-refractivity contribution in [3.05, 3.63) is 88.9 Å². The summed E-state index contributed by atoms with van der Waals surface area (Å²) < 4.78 is 0. The van der Waals surface area contributed by atoms with E-state index in [0.717, 1.165) is 5.56 Å². The van der Waals surface area contributed by atoms with Gasteiger partial charge in [0, 0.05) is 11.6 Å². The highest BCUT2D eigenvalue weighted by molar-refractivity contribution is 6.31. The van der Waals surface area contributed by atoms with Gasteiger partial charge in [0.05, 0.1) is 22.6 Å². The van der Waals surface area contributed by atoms with E-state index in [0.29, 0.717) is 34.2 Å². The molecule has 0 atom stereocenters. The lowest BCUT2D eigenvalue weighted by Gasteiger charge is -2.14. The van der Waals surface area contributed by atoms with Gasteiger partial charge in [-0.1, -0.05) is 54.1 Å². The molecule has 0 radical (unpaired) electrons. The molecule has 0 spiro atoms. The summed E-state index contributed by atoms with van der Waals surface area (Å²) in [5.41, 5.74) is 9.48. The minimum absolute atomic E-state index is 0.153. The van der Waals surface area contributed by atoms with E-state index >= 15 is 0 Å². The second kappa shape index (κ2) is 7.73. The molecule has 0 saturated carbocycles. The summed E-state index contributed by atoms with van der Waals surface area (Å²) in [6.45, 7) is 0.469. The van der Waals surface area contributed by atoms with Crippen molar-refractivity contribution < 1.29 is 4.79 Å². The molecule has 4 N–H and O–H groups in total. The molecule has 1 amide bonds. The van der Waals surface area contributed by atoms with Gasteiger partial charge in [0.15, 0.2) is 0 Å². The molecule has 0 saturated heterocycles. The molecule has 4 nitrogen and oxygen atoms in total. The number of carbonyl (C=O) groups excluding carboxylic acids is 1. The van der Waals surface area contributed by atoms with Crippen LogP contribution >= 0.6 is 11.6 Å². The Bertz CT molecular complexity index is 881. The van der Waals surface area contributed by atoms with Crippen LogP contribution < -0.4 is 16.4 Å². The van der Waals surface area contributed by atoms with Crippen molar-refractivity contribution in [2.45, 2.75) is 6.54 Å². The van der Waals surface area contributed by atoms with Crippen molar-refractivity contribution in [2.75, 3.05) is 11.1 Å². The molecular formula is C20H18ClN3O. The van der Waals surface area contributed by atoms with E-state index in [4.69, 9.17) is 17.3 Å². The highest BCUT2D eigenvalue weighted by Gasteiger charge is 2.12. The third-order valence-electron chi connectivity index (χ3n) is 3.75. The average Bonchev–Trinajstić information content (AvgIpc) is 2.63. The van der Waals surface area contributed by atoms with Crippen LogP contribution in [0.25, 0.3) is 0 Å². The minimum atomic E-state index is -0.153. The van der Waals surface area contributed by atoms with Crippen molar-refractivity contribution in [3.8, 4) is 0 Å². The van der Waals surface area contributed by atoms with Gasteiger partial charge in [-0.2, -0.15) is 0 Å². The number of nitrogens with two attached hydrogens (primary N) is 1. The lowest BCUT2D eigenvalue weighted by molar-refractivity contribution is 0.0952. The Morgan fingerprint density at radius 1 is 0.920 bits per heavy atom. The summed E-state index contributed by atoms with van der Waals surface area (Å²) in [4.78, 5) is 12.6. The zero-order valence-electron chi connectivity index (χ0n) is 13.5. The number of amides is 1. The molecule has 0 bridgehead atoms. The van der Waals surface area contributed by atoms with E-state index in [9.17, 15) is 4.79 Å². The number of hydrogen-bond acceptors (Lipinski definition) is 3.